The highest BCUT2D eigenvalue weighted by molar-refractivity contribution is 5.71. The number of carbonyl (C=O) groups excluding carboxylic acids is 3. The van der Waals surface area contributed by atoms with Crippen molar-refractivity contribution in [3.63, 3.8) is 0 Å². The fraction of sp³-hybridized carbons (Fsp3) is 0.904. The van der Waals surface area contributed by atoms with Crippen LogP contribution in [0, 0.1) is 0 Å². The van der Waals surface area contributed by atoms with Gasteiger partial charge in [0.2, 0.25) is 0 Å². The van der Waals surface area contributed by atoms with Crippen molar-refractivity contribution < 1.29 is 28.6 Å². The molecular formula is C52H98O6. The molecule has 0 saturated heterocycles. The third-order valence-electron chi connectivity index (χ3n) is 11.5. The predicted molar refractivity (Wildman–Crippen MR) is 247 cm³/mol. The normalized spacial score (nSPS) is 12.0. The Hall–Kier alpha value is -1.85. The van der Waals surface area contributed by atoms with Gasteiger partial charge in [0.1, 0.15) is 13.2 Å². The molecule has 0 rings (SSSR count). The molecule has 0 heterocycles. The Morgan fingerprint density at radius 2 is 0.569 bits per heavy atom. The molecule has 58 heavy (non-hydrogen) atoms. The topological polar surface area (TPSA) is 78.9 Å². The maximum absolute atomic E-state index is 12.7. The van der Waals surface area contributed by atoms with Crippen LogP contribution in [-0.2, 0) is 28.6 Å². The summed E-state index contributed by atoms with van der Waals surface area (Å²) >= 11 is 0. The van der Waals surface area contributed by atoms with Gasteiger partial charge in [0.05, 0.1) is 0 Å². The molecule has 6 heteroatoms. The first-order valence-electron chi connectivity index (χ1n) is 25.7. The molecule has 1 atom stereocenters. The summed E-state index contributed by atoms with van der Waals surface area (Å²) in [5.74, 6) is -0.863. The van der Waals surface area contributed by atoms with Gasteiger partial charge in [-0.05, 0) is 44.9 Å². The number of hydrogen-bond acceptors (Lipinski definition) is 6. The van der Waals surface area contributed by atoms with Gasteiger partial charge < -0.3 is 14.2 Å². The molecule has 6 nitrogen and oxygen atoms in total. The molecule has 0 fully saturated rings. The van der Waals surface area contributed by atoms with Crippen molar-refractivity contribution >= 4 is 17.9 Å². The van der Waals surface area contributed by atoms with E-state index in [1.54, 1.807) is 0 Å². The van der Waals surface area contributed by atoms with Gasteiger partial charge in [-0.3, -0.25) is 14.4 Å². The minimum absolute atomic E-state index is 0.0678. The third-order valence-corrected chi connectivity index (χ3v) is 11.5. The first-order chi connectivity index (χ1) is 28.5. The summed E-state index contributed by atoms with van der Waals surface area (Å²) in [6.07, 6.45) is 52.0. The van der Waals surface area contributed by atoms with E-state index in [1.807, 2.05) is 0 Å². The summed E-state index contributed by atoms with van der Waals surface area (Å²) in [6, 6.07) is 0. The van der Waals surface area contributed by atoms with Crippen molar-refractivity contribution in [3.8, 4) is 0 Å². The van der Waals surface area contributed by atoms with Crippen LogP contribution < -0.4 is 0 Å². The molecule has 0 aromatic heterocycles. The number of hydrogen-bond donors (Lipinski definition) is 0. The van der Waals surface area contributed by atoms with Gasteiger partial charge in [0, 0.05) is 19.3 Å². The average molecular weight is 819 g/mol. The lowest BCUT2D eigenvalue weighted by Gasteiger charge is -2.18. The fourth-order valence-electron chi connectivity index (χ4n) is 7.61. The zero-order valence-corrected chi connectivity index (χ0v) is 39.1. The van der Waals surface area contributed by atoms with Crippen molar-refractivity contribution in [3.05, 3.63) is 12.2 Å². The summed E-state index contributed by atoms with van der Waals surface area (Å²) in [5.41, 5.74) is 0. The van der Waals surface area contributed by atoms with Crippen molar-refractivity contribution in [1.82, 2.24) is 0 Å². The maximum Gasteiger partial charge on any atom is 0.306 e. The number of unbranched alkanes of at least 4 members (excludes halogenated alkanes) is 34. The molecule has 0 aliphatic carbocycles. The van der Waals surface area contributed by atoms with Crippen LogP contribution in [0.1, 0.15) is 284 Å². The highest BCUT2D eigenvalue weighted by Gasteiger charge is 2.19. The second-order valence-electron chi connectivity index (χ2n) is 17.4. The zero-order chi connectivity index (χ0) is 42.3. The van der Waals surface area contributed by atoms with Gasteiger partial charge in [0.25, 0.3) is 0 Å². The molecule has 0 aromatic carbocycles. The van der Waals surface area contributed by atoms with Crippen molar-refractivity contribution in [1.29, 1.82) is 0 Å². The minimum atomic E-state index is -0.765. The van der Waals surface area contributed by atoms with E-state index in [4.69, 9.17) is 14.2 Å². The largest absolute Gasteiger partial charge is 0.462 e. The Morgan fingerprint density at radius 3 is 0.862 bits per heavy atom. The molecule has 0 N–H and O–H groups in total. The summed E-state index contributed by atoms with van der Waals surface area (Å²) in [6.45, 7) is 6.64. The monoisotopic (exact) mass is 819 g/mol. The number of carbonyl (C=O) groups is 3. The van der Waals surface area contributed by atoms with Crippen LogP contribution in [-0.4, -0.2) is 37.2 Å². The SMILES string of the molecule is CCCCCCCCCCC/C=C\CCCCCCCC(=O)OCC(COC(=O)CCCCCCCCCCCC)OC(=O)CCCCCCCCCCCCCC. The van der Waals surface area contributed by atoms with Gasteiger partial charge in [-0.2, -0.15) is 0 Å². The Bertz CT molecular complexity index is 900. The van der Waals surface area contributed by atoms with Crippen LogP contribution in [0.3, 0.4) is 0 Å². The Labute approximate surface area is 360 Å². The first-order valence-corrected chi connectivity index (χ1v) is 25.7. The molecular weight excluding hydrogens is 721 g/mol. The molecule has 0 amide bonds. The van der Waals surface area contributed by atoms with Gasteiger partial charge in [-0.25, -0.2) is 0 Å². The van der Waals surface area contributed by atoms with E-state index < -0.39 is 6.10 Å². The number of ether oxygens (including phenoxy) is 3. The number of allylic oxidation sites excluding steroid dienone is 2. The lowest BCUT2D eigenvalue weighted by molar-refractivity contribution is -0.167. The number of esters is 3. The van der Waals surface area contributed by atoms with Crippen LogP contribution >= 0.6 is 0 Å². The number of rotatable bonds is 47. The molecule has 0 aromatic rings. The minimum Gasteiger partial charge on any atom is -0.462 e. The fourth-order valence-corrected chi connectivity index (χ4v) is 7.61. The zero-order valence-electron chi connectivity index (χ0n) is 39.1. The van der Waals surface area contributed by atoms with Gasteiger partial charge in [-0.15, -0.1) is 0 Å². The van der Waals surface area contributed by atoms with E-state index in [0.717, 1.165) is 64.2 Å². The molecule has 0 bridgehead atoms. The Kier molecular flexibility index (Phi) is 46.3. The van der Waals surface area contributed by atoms with Crippen molar-refractivity contribution in [2.45, 2.75) is 290 Å². The van der Waals surface area contributed by atoms with Crippen LogP contribution in [0.4, 0.5) is 0 Å². The van der Waals surface area contributed by atoms with E-state index in [0.29, 0.717) is 19.3 Å². The standard InChI is InChI=1S/C52H98O6/c1-4-7-10-13-16-19-22-24-25-26-27-28-29-31-33-36-39-42-45-51(54)57-48-49(47-56-50(53)44-41-38-35-32-21-18-15-12-9-6-3)58-52(55)46-43-40-37-34-30-23-20-17-14-11-8-5-2/h27-28,49H,4-26,29-48H2,1-3H3/b28-27-. The summed E-state index contributed by atoms with van der Waals surface area (Å²) < 4.78 is 16.8. The maximum atomic E-state index is 12.7. The third kappa shape index (κ3) is 45.2. The quantitative estimate of drug-likeness (QED) is 0.0263. The van der Waals surface area contributed by atoms with Crippen LogP contribution in [0.25, 0.3) is 0 Å². The lowest BCUT2D eigenvalue weighted by atomic mass is 10.0. The highest BCUT2D eigenvalue weighted by Crippen LogP contribution is 2.16. The summed E-state index contributed by atoms with van der Waals surface area (Å²) in [7, 11) is 0. The van der Waals surface area contributed by atoms with E-state index in [2.05, 4.69) is 32.9 Å². The summed E-state index contributed by atoms with van der Waals surface area (Å²) in [4.78, 5) is 37.8. The molecule has 0 aliphatic heterocycles. The van der Waals surface area contributed by atoms with Crippen LogP contribution in [0.5, 0.6) is 0 Å². The molecule has 0 spiro atoms. The van der Waals surface area contributed by atoms with Crippen LogP contribution in [0.2, 0.25) is 0 Å². The lowest BCUT2D eigenvalue weighted by Crippen LogP contribution is -2.30. The highest BCUT2D eigenvalue weighted by atomic mass is 16.6. The molecule has 0 radical (unpaired) electrons. The first kappa shape index (κ1) is 56.1. The molecule has 0 saturated carbocycles. The molecule has 0 aliphatic rings. The van der Waals surface area contributed by atoms with Gasteiger partial charge in [-0.1, -0.05) is 232 Å². The van der Waals surface area contributed by atoms with E-state index in [9.17, 15) is 14.4 Å². The smallest absolute Gasteiger partial charge is 0.306 e. The van der Waals surface area contributed by atoms with Crippen molar-refractivity contribution in [2.75, 3.05) is 13.2 Å². The summed E-state index contributed by atoms with van der Waals surface area (Å²) in [5, 5.41) is 0. The Morgan fingerprint density at radius 1 is 0.328 bits per heavy atom. The van der Waals surface area contributed by atoms with E-state index >= 15 is 0 Å². The molecule has 1 unspecified atom stereocenters. The Balaban J connectivity index is 4.28. The second-order valence-corrected chi connectivity index (χ2v) is 17.4. The van der Waals surface area contributed by atoms with E-state index in [-0.39, 0.29) is 31.1 Å². The average Bonchev–Trinajstić information content (AvgIpc) is 3.22. The second kappa shape index (κ2) is 47.8. The van der Waals surface area contributed by atoms with Gasteiger partial charge in [0.15, 0.2) is 6.10 Å². The van der Waals surface area contributed by atoms with Crippen LogP contribution in [0.15, 0.2) is 12.2 Å². The van der Waals surface area contributed by atoms with Crippen molar-refractivity contribution in [2.24, 2.45) is 0 Å². The predicted octanol–water partition coefficient (Wildman–Crippen LogP) is 16.6. The molecule has 342 valence electrons. The van der Waals surface area contributed by atoms with E-state index in [1.165, 1.54) is 180 Å². The van der Waals surface area contributed by atoms with Gasteiger partial charge >= 0.3 is 17.9 Å².